The quantitative estimate of drug-likeness (QED) is 0.807. The Kier molecular flexibility index (Phi) is 5.09. The van der Waals surface area contributed by atoms with Gasteiger partial charge >= 0.3 is 0 Å². The molecule has 1 aromatic rings. The lowest BCUT2D eigenvalue weighted by Crippen LogP contribution is -2.23. The van der Waals surface area contributed by atoms with E-state index in [4.69, 9.17) is 4.74 Å². The van der Waals surface area contributed by atoms with Crippen molar-refractivity contribution in [1.82, 2.24) is 4.98 Å². The normalized spacial score (nSPS) is 12.3. The van der Waals surface area contributed by atoms with Gasteiger partial charge in [-0.3, -0.25) is 0 Å². The van der Waals surface area contributed by atoms with Crippen LogP contribution in [0.5, 0.6) is 0 Å². The number of nitrogens with one attached hydrogen (secondary N) is 2. The standard InChI is InChI=1S/C11H17F2N3O/c1-4-17-6-7(2)15-11-9(13)5-8(12)10(14-3)16-11/h5,7H,4,6H2,1-3H3,(H2,14,15,16). The molecule has 1 atom stereocenters. The summed E-state index contributed by atoms with van der Waals surface area (Å²) in [6.45, 7) is 4.73. The Bertz CT molecular complexity index is 374. The first-order valence-corrected chi connectivity index (χ1v) is 5.46. The van der Waals surface area contributed by atoms with Crippen molar-refractivity contribution in [3.8, 4) is 0 Å². The van der Waals surface area contributed by atoms with Crippen molar-refractivity contribution in [3.63, 3.8) is 0 Å². The van der Waals surface area contributed by atoms with E-state index < -0.39 is 11.6 Å². The molecule has 1 unspecified atom stereocenters. The van der Waals surface area contributed by atoms with Crippen molar-refractivity contribution in [1.29, 1.82) is 0 Å². The molecule has 0 aliphatic rings. The van der Waals surface area contributed by atoms with E-state index in [2.05, 4.69) is 15.6 Å². The third-order valence-corrected chi connectivity index (χ3v) is 2.12. The zero-order valence-electron chi connectivity index (χ0n) is 10.2. The van der Waals surface area contributed by atoms with Crippen molar-refractivity contribution in [2.45, 2.75) is 19.9 Å². The fraction of sp³-hybridized carbons (Fsp3) is 0.545. The zero-order valence-corrected chi connectivity index (χ0v) is 10.2. The van der Waals surface area contributed by atoms with Gasteiger partial charge in [0.05, 0.1) is 6.61 Å². The van der Waals surface area contributed by atoms with Crippen LogP contribution in [-0.2, 0) is 4.74 Å². The van der Waals surface area contributed by atoms with E-state index in [-0.39, 0.29) is 17.7 Å². The minimum absolute atomic E-state index is 0.0116. The molecule has 0 amide bonds. The Morgan fingerprint density at radius 3 is 2.59 bits per heavy atom. The molecule has 2 N–H and O–H groups in total. The van der Waals surface area contributed by atoms with Crippen LogP contribution in [0.3, 0.4) is 0 Å². The van der Waals surface area contributed by atoms with Crippen LogP contribution in [0, 0.1) is 11.6 Å². The fourth-order valence-corrected chi connectivity index (χ4v) is 1.31. The van der Waals surface area contributed by atoms with E-state index in [0.717, 1.165) is 6.07 Å². The topological polar surface area (TPSA) is 46.2 Å². The maximum Gasteiger partial charge on any atom is 0.168 e. The summed E-state index contributed by atoms with van der Waals surface area (Å²) in [5.74, 6) is -1.40. The van der Waals surface area contributed by atoms with Gasteiger partial charge in [-0.2, -0.15) is 0 Å². The lowest BCUT2D eigenvalue weighted by molar-refractivity contribution is 0.141. The SMILES string of the molecule is CCOCC(C)Nc1nc(NC)c(F)cc1F. The van der Waals surface area contributed by atoms with Crippen LogP contribution >= 0.6 is 0 Å². The maximum absolute atomic E-state index is 13.4. The predicted octanol–water partition coefficient (Wildman–Crippen LogP) is 2.24. The highest BCUT2D eigenvalue weighted by Crippen LogP contribution is 2.19. The number of hydrogen-bond donors (Lipinski definition) is 2. The summed E-state index contributed by atoms with van der Waals surface area (Å²) in [5, 5.41) is 5.38. The van der Waals surface area contributed by atoms with Gasteiger partial charge in [-0.25, -0.2) is 13.8 Å². The van der Waals surface area contributed by atoms with Gasteiger partial charge in [0.2, 0.25) is 0 Å². The molecule has 0 radical (unpaired) electrons. The van der Waals surface area contributed by atoms with Gasteiger partial charge in [0.25, 0.3) is 0 Å². The summed E-state index contributed by atoms with van der Waals surface area (Å²) in [6.07, 6.45) is 0. The van der Waals surface area contributed by atoms with E-state index in [1.165, 1.54) is 7.05 Å². The second-order valence-electron chi connectivity index (χ2n) is 3.60. The first-order valence-electron chi connectivity index (χ1n) is 5.46. The average molecular weight is 245 g/mol. The van der Waals surface area contributed by atoms with Gasteiger partial charge in [0, 0.05) is 25.8 Å². The summed E-state index contributed by atoms with van der Waals surface area (Å²) in [7, 11) is 1.52. The van der Waals surface area contributed by atoms with Crippen molar-refractivity contribution in [2.24, 2.45) is 0 Å². The molecule has 0 saturated carbocycles. The molecule has 1 heterocycles. The minimum atomic E-state index is -0.718. The summed E-state index contributed by atoms with van der Waals surface area (Å²) >= 11 is 0. The number of hydrogen-bond acceptors (Lipinski definition) is 4. The number of rotatable bonds is 6. The van der Waals surface area contributed by atoms with Crippen molar-refractivity contribution in [2.75, 3.05) is 30.9 Å². The molecule has 0 spiro atoms. The Labute approximate surface area is 99.4 Å². The van der Waals surface area contributed by atoms with Gasteiger partial charge in [-0.15, -0.1) is 0 Å². The Balaban J connectivity index is 2.76. The molecule has 17 heavy (non-hydrogen) atoms. The van der Waals surface area contributed by atoms with Crippen LogP contribution in [-0.4, -0.2) is 31.3 Å². The molecule has 6 heteroatoms. The molecular weight excluding hydrogens is 228 g/mol. The Morgan fingerprint density at radius 1 is 1.35 bits per heavy atom. The first-order chi connectivity index (χ1) is 8.08. The van der Waals surface area contributed by atoms with Gasteiger partial charge in [0.15, 0.2) is 23.3 Å². The molecule has 0 saturated heterocycles. The monoisotopic (exact) mass is 245 g/mol. The van der Waals surface area contributed by atoms with Crippen LogP contribution in [0.25, 0.3) is 0 Å². The molecule has 96 valence electrons. The third kappa shape index (κ3) is 3.81. The maximum atomic E-state index is 13.4. The number of nitrogens with zero attached hydrogens (tertiary/aromatic N) is 1. The van der Waals surface area contributed by atoms with Crippen molar-refractivity contribution >= 4 is 11.6 Å². The van der Waals surface area contributed by atoms with E-state index >= 15 is 0 Å². The van der Waals surface area contributed by atoms with E-state index in [1.807, 2.05) is 13.8 Å². The smallest absolute Gasteiger partial charge is 0.168 e. The molecule has 0 fully saturated rings. The van der Waals surface area contributed by atoms with Crippen molar-refractivity contribution in [3.05, 3.63) is 17.7 Å². The van der Waals surface area contributed by atoms with Crippen LogP contribution in [0.15, 0.2) is 6.07 Å². The van der Waals surface area contributed by atoms with E-state index in [9.17, 15) is 8.78 Å². The van der Waals surface area contributed by atoms with E-state index in [1.54, 1.807) is 0 Å². The highest BCUT2D eigenvalue weighted by molar-refractivity contribution is 5.47. The predicted molar refractivity (Wildman–Crippen MR) is 63.3 cm³/mol. The summed E-state index contributed by atoms with van der Waals surface area (Å²) in [5.41, 5.74) is 0. The minimum Gasteiger partial charge on any atom is -0.380 e. The lowest BCUT2D eigenvalue weighted by atomic mass is 10.3. The number of anilines is 2. The molecule has 1 rings (SSSR count). The van der Waals surface area contributed by atoms with Crippen LogP contribution < -0.4 is 10.6 Å². The molecular formula is C11H17F2N3O. The largest absolute Gasteiger partial charge is 0.380 e. The van der Waals surface area contributed by atoms with Crippen molar-refractivity contribution < 1.29 is 13.5 Å². The molecule has 0 aliphatic carbocycles. The summed E-state index contributed by atoms with van der Waals surface area (Å²) < 4.78 is 31.8. The number of halogens is 2. The van der Waals surface area contributed by atoms with Crippen LogP contribution in [0.4, 0.5) is 20.4 Å². The first kappa shape index (κ1) is 13.6. The lowest BCUT2D eigenvalue weighted by Gasteiger charge is -2.15. The highest BCUT2D eigenvalue weighted by Gasteiger charge is 2.12. The number of aromatic nitrogens is 1. The van der Waals surface area contributed by atoms with Gasteiger partial charge in [0.1, 0.15) is 0 Å². The summed E-state index contributed by atoms with van der Waals surface area (Å²) in [4.78, 5) is 3.81. The zero-order chi connectivity index (χ0) is 12.8. The number of pyridine rings is 1. The molecule has 0 bridgehead atoms. The second-order valence-corrected chi connectivity index (χ2v) is 3.60. The number of ether oxygens (including phenoxy) is 1. The van der Waals surface area contributed by atoms with Crippen LogP contribution in [0.1, 0.15) is 13.8 Å². The molecule has 4 nitrogen and oxygen atoms in total. The highest BCUT2D eigenvalue weighted by atomic mass is 19.1. The Morgan fingerprint density at radius 2 is 2.00 bits per heavy atom. The van der Waals surface area contributed by atoms with Gasteiger partial charge < -0.3 is 15.4 Å². The second kappa shape index (κ2) is 6.34. The fourth-order valence-electron chi connectivity index (χ4n) is 1.31. The van der Waals surface area contributed by atoms with Gasteiger partial charge in [-0.05, 0) is 13.8 Å². The molecule has 1 aromatic heterocycles. The van der Waals surface area contributed by atoms with E-state index in [0.29, 0.717) is 13.2 Å². The average Bonchev–Trinajstić information content (AvgIpc) is 2.30. The molecule has 0 aliphatic heterocycles. The van der Waals surface area contributed by atoms with Gasteiger partial charge in [-0.1, -0.05) is 0 Å². The van der Waals surface area contributed by atoms with Crippen LogP contribution in [0.2, 0.25) is 0 Å². The third-order valence-electron chi connectivity index (χ3n) is 2.12. The molecule has 0 aromatic carbocycles. The summed E-state index contributed by atoms with van der Waals surface area (Å²) in [6, 6.07) is 0.696. The Hall–Kier alpha value is -1.43.